The Kier molecular flexibility index (Phi) is 5.63. The normalized spacial score (nSPS) is 17.3. The number of thioether (sulfide) groups is 1. The van der Waals surface area contributed by atoms with Crippen molar-refractivity contribution in [2.75, 3.05) is 12.0 Å². The summed E-state index contributed by atoms with van der Waals surface area (Å²) in [5.74, 6) is 0.242. The maximum atomic E-state index is 12.7. The third kappa shape index (κ3) is 3.82. The molecule has 2 aromatic rings. The lowest BCUT2D eigenvalue weighted by atomic mass is 10.1. The number of carbonyl (C=O) groups is 2. The smallest absolute Gasteiger partial charge is 0.293 e. The van der Waals surface area contributed by atoms with E-state index in [1.807, 2.05) is 6.07 Å². The second-order valence-electron chi connectivity index (χ2n) is 5.31. The molecule has 1 aliphatic rings. The predicted octanol–water partition coefficient (Wildman–Crippen LogP) is 5.58. The summed E-state index contributed by atoms with van der Waals surface area (Å²) in [5, 5.41) is 0.142. The van der Waals surface area contributed by atoms with Gasteiger partial charge in [-0.05, 0) is 48.4 Å². The van der Waals surface area contributed by atoms with Crippen molar-refractivity contribution in [2.45, 2.75) is 11.7 Å². The van der Waals surface area contributed by atoms with Crippen molar-refractivity contribution in [3.8, 4) is 5.75 Å². The van der Waals surface area contributed by atoms with Gasteiger partial charge in [-0.3, -0.25) is 9.59 Å². The zero-order valence-corrected chi connectivity index (χ0v) is 16.9. The van der Waals surface area contributed by atoms with Crippen molar-refractivity contribution in [3.05, 3.63) is 56.5 Å². The molecular formula is C17H12BrCl2NO3S. The molecule has 3 rings (SSSR count). The summed E-state index contributed by atoms with van der Waals surface area (Å²) in [7, 11) is 1.52. The molecule has 1 aliphatic heterocycles. The van der Waals surface area contributed by atoms with E-state index in [1.165, 1.54) is 12.0 Å². The van der Waals surface area contributed by atoms with Gasteiger partial charge in [0.15, 0.2) is 0 Å². The third-order valence-corrected chi connectivity index (χ3v) is 5.73. The third-order valence-electron chi connectivity index (χ3n) is 3.70. The highest BCUT2D eigenvalue weighted by Gasteiger charge is 2.41. The number of amides is 2. The average molecular weight is 461 g/mol. The van der Waals surface area contributed by atoms with Crippen LogP contribution in [0, 0.1) is 0 Å². The van der Waals surface area contributed by atoms with Crippen LogP contribution >= 0.6 is 50.9 Å². The maximum Gasteiger partial charge on any atom is 0.293 e. The number of imide groups is 1. The van der Waals surface area contributed by atoms with E-state index in [4.69, 9.17) is 27.9 Å². The summed E-state index contributed by atoms with van der Waals surface area (Å²) in [6.07, 6.45) is 0.335. The van der Waals surface area contributed by atoms with Crippen LogP contribution in [0.15, 0.2) is 40.9 Å². The van der Waals surface area contributed by atoms with E-state index in [0.29, 0.717) is 27.9 Å². The lowest BCUT2D eigenvalue weighted by Gasteiger charge is -2.15. The Morgan fingerprint density at radius 3 is 2.52 bits per heavy atom. The second-order valence-corrected chi connectivity index (χ2v) is 8.22. The molecule has 0 radical (unpaired) electrons. The average Bonchev–Trinajstić information content (AvgIpc) is 2.82. The van der Waals surface area contributed by atoms with Crippen molar-refractivity contribution in [3.63, 3.8) is 0 Å². The molecule has 25 heavy (non-hydrogen) atoms. The van der Waals surface area contributed by atoms with Crippen LogP contribution in [-0.2, 0) is 11.2 Å². The van der Waals surface area contributed by atoms with Gasteiger partial charge >= 0.3 is 0 Å². The minimum atomic E-state index is -0.539. The molecule has 130 valence electrons. The molecule has 0 bridgehead atoms. The van der Waals surface area contributed by atoms with E-state index in [2.05, 4.69) is 15.9 Å². The SMILES string of the molecule is COc1c(Cl)cc(Br)cc1C[C@@H]1SC(=O)N(c2ccc(Cl)cc2)C1=O. The quantitative estimate of drug-likeness (QED) is 0.597. The van der Waals surface area contributed by atoms with Gasteiger partial charge in [0.1, 0.15) is 5.75 Å². The fourth-order valence-electron chi connectivity index (χ4n) is 2.60. The van der Waals surface area contributed by atoms with Crippen LogP contribution < -0.4 is 9.64 Å². The second kappa shape index (κ2) is 7.58. The van der Waals surface area contributed by atoms with Crippen LogP contribution in [0.3, 0.4) is 0 Å². The van der Waals surface area contributed by atoms with Crippen LogP contribution in [-0.4, -0.2) is 23.5 Å². The van der Waals surface area contributed by atoms with Gasteiger partial charge < -0.3 is 4.74 Å². The van der Waals surface area contributed by atoms with Gasteiger partial charge in [-0.25, -0.2) is 4.90 Å². The number of methoxy groups -OCH3 is 1. The van der Waals surface area contributed by atoms with Gasteiger partial charge in [-0.1, -0.05) is 50.9 Å². The van der Waals surface area contributed by atoms with Gasteiger partial charge in [0.05, 0.1) is 23.1 Å². The number of hydrogen-bond donors (Lipinski definition) is 0. The minimum absolute atomic E-state index is 0.268. The van der Waals surface area contributed by atoms with Crippen LogP contribution in [0.5, 0.6) is 5.75 Å². The standard InChI is InChI=1S/C17H12BrCl2NO3S/c1-24-15-9(6-10(18)8-13(15)20)7-14-16(22)21(17(23)25-14)12-4-2-11(19)3-5-12/h2-6,8,14H,7H2,1H3/t14-/m0/s1. The molecule has 0 unspecified atom stereocenters. The molecular weight excluding hydrogens is 449 g/mol. The van der Waals surface area contributed by atoms with Crippen molar-refractivity contribution in [2.24, 2.45) is 0 Å². The van der Waals surface area contributed by atoms with Crippen molar-refractivity contribution in [1.29, 1.82) is 0 Å². The largest absolute Gasteiger partial charge is 0.495 e. The Morgan fingerprint density at radius 1 is 1.20 bits per heavy atom. The van der Waals surface area contributed by atoms with Gasteiger partial charge in [-0.15, -0.1) is 0 Å². The number of ether oxygens (including phenoxy) is 1. The van der Waals surface area contributed by atoms with E-state index < -0.39 is 5.25 Å². The molecule has 0 N–H and O–H groups in total. The van der Waals surface area contributed by atoms with E-state index >= 15 is 0 Å². The number of rotatable bonds is 4. The molecule has 2 amide bonds. The molecule has 4 nitrogen and oxygen atoms in total. The van der Waals surface area contributed by atoms with Crippen LogP contribution in [0.4, 0.5) is 10.5 Å². The highest BCUT2D eigenvalue weighted by molar-refractivity contribution is 9.10. The summed E-state index contributed by atoms with van der Waals surface area (Å²) in [5.41, 5.74) is 1.27. The Morgan fingerprint density at radius 2 is 1.88 bits per heavy atom. The van der Waals surface area contributed by atoms with Crippen LogP contribution in [0.2, 0.25) is 10.0 Å². The summed E-state index contributed by atoms with van der Waals surface area (Å²) >= 11 is 16.4. The molecule has 0 spiro atoms. The summed E-state index contributed by atoms with van der Waals surface area (Å²) in [6.45, 7) is 0. The number of anilines is 1. The lowest BCUT2D eigenvalue weighted by molar-refractivity contribution is -0.117. The highest BCUT2D eigenvalue weighted by atomic mass is 79.9. The number of hydrogen-bond acceptors (Lipinski definition) is 4. The first-order valence-corrected chi connectivity index (χ1v) is 9.65. The van der Waals surface area contributed by atoms with E-state index in [0.717, 1.165) is 21.8 Å². The summed E-state index contributed by atoms with van der Waals surface area (Å²) in [6, 6.07) is 10.2. The Hall–Kier alpha value is -1.21. The fourth-order valence-corrected chi connectivity index (χ4v) is 4.70. The summed E-state index contributed by atoms with van der Waals surface area (Å²) in [4.78, 5) is 26.2. The zero-order valence-electron chi connectivity index (χ0n) is 13.0. The van der Waals surface area contributed by atoms with Crippen molar-refractivity contribution < 1.29 is 14.3 Å². The first kappa shape index (κ1) is 18.6. The monoisotopic (exact) mass is 459 g/mol. The highest BCUT2D eigenvalue weighted by Crippen LogP contribution is 2.38. The molecule has 2 aromatic carbocycles. The van der Waals surface area contributed by atoms with Gasteiger partial charge in [0.25, 0.3) is 5.24 Å². The van der Waals surface area contributed by atoms with Crippen molar-refractivity contribution >= 4 is 67.7 Å². The maximum absolute atomic E-state index is 12.7. The lowest BCUT2D eigenvalue weighted by Crippen LogP contribution is -2.32. The fraction of sp³-hybridized carbons (Fsp3) is 0.176. The molecule has 0 aromatic heterocycles. The first-order valence-electron chi connectivity index (χ1n) is 7.22. The first-order chi connectivity index (χ1) is 11.9. The van der Waals surface area contributed by atoms with E-state index in [9.17, 15) is 9.59 Å². The Balaban J connectivity index is 1.87. The topological polar surface area (TPSA) is 46.6 Å². The number of benzene rings is 2. The van der Waals surface area contributed by atoms with Gasteiger partial charge in [-0.2, -0.15) is 0 Å². The minimum Gasteiger partial charge on any atom is -0.495 e. The molecule has 0 saturated carbocycles. The molecule has 1 saturated heterocycles. The Bertz CT molecular complexity index is 845. The van der Waals surface area contributed by atoms with Crippen LogP contribution in [0.1, 0.15) is 5.56 Å². The van der Waals surface area contributed by atoms with E-state index in [-0.39, 0.29) is 11.1 Å². The molecule has 0 aliphatic carbocycles. The number of halogens is 3. The number of carbonyl (C=O) groups excluding carboxylic acids is 2. The van der Waals surface area contributed by atoms with Gasteiger partial charge in [0.2, 0.25) is 5.91 Å². The predicted molar refractivity (Wildman–Crippen MR) is 105 cm³/mol. The molecule has 1 heterocycles. The van der Waals surface area contributed by atoms with Crippen molar-refractivity contribution in [1.82, 2.24) is 0 Å². The van der Waals surface area contributed by atoms with Gasteiger partial charge in [0, 0.05) is 9.50 Å². The number of nitrogens with zero attached hydrogens (tertiary/aromatic N) is 1. The molecule has 8 heteroatoms. The Labute approximate surface area is 167 Å². The van der Waals surface area contributed by atoms with Crippen LogP contribution in [0.25, 0.3) is 0 Å². The molecule has 1 fully saturated rings. The van der Waals surface area contributed by atoms with E-state index in [1.54, 1.807) is 30.3 Å². The summed E-state index contributed by atoms with van der Waals surface area (Å²) < 4.78 is 6.12. The zero-order chi connectivity index (χ0) is 18.1. The molecule has 1 atom stereocenters.